The van der Waals surface area contributed by atoms with Gasteiger partial charge in [0.2, 0.25) is 5.95 Å². The number of aliphatic hydroxyl groups is 1. The molecule has 3 rings (SSSR count). The van der Waals surface area contributed by atoms with Crippen LogP contribution < -0.4 is 5.73 Å². The van der Waals surface area contributed by atoms with Crippen LogP contribution in [0.5, 0.6) is 0 Å². The molecule has 1 aliphatic carbocycles. The standard InChI is InChI=1S/C13H14ClN5O.3H3O4P/c1-3-13(2)5-7(4-8(13)20)19-6-16-9-10(14)17-12(15)18-11(9)19;3*1-5(2,3)4/h1,6-8,20H,4-5H2,2H3,(H2,15,17,18);3*(H3,1,2,3,4)/t7-,8-,13+;;;/m0.../s1. The summed E-state index contributed by atoms with van der Waals surface area (Å²) in [5, 5.41) is 10.4. The second-order valence-corrected chi connectivity index (χ2v) is 10.3. The summed E-state index contributed by atoms with van der Waals surface area (Å²) in [5.74, 6) is 2.79. The number of imidazole rings is 1. The molecule has 200 valence electrons. The van der Waals surface area contributed by atoms with E-state index in [0.717, 1.165) is 0 Å². The predicted molar refractivity (Wildman–Crippen MR) is 119 cm³/mol. The number of terminal acetylenes is 1. The molecule has 2 aromatic rings. The third-order valence-electron chi connectivity index (χ3n) is 4.01. The minimum atomic E-state index is -4.64. The lowest BCUT2D eigenvalue weighted by molar-refractivity contribution is 0.104. The Morgan fingerprint density at radius 3 is 1.86 bits per heavy atom. The zero-order valence-electron chi connectivity index (χ0n) is 17.5. The molecule has 12 N–H and O–H groups in total. The van der Waals surface area contributed by atoms with Gasteiger partial charge in [0.25, 0.3) is 0 Å². The van der Waals surface area contributed by atoms with Crippen LogP contribution in [-0.2, 0) is 13.7 Å². The molecule has 1 aliphatic rings. The first kappa shape index (κ1) is 33.5. The number of halogens is 1. The zero-order chi connectivity index (χ0) is 28.0. The summed E-state index contributed by atoms with van der Waals surface area (Å²) >= 11 is 6.01. The summed E-state index contributed by atoms with van der Waals surface area (Å²) in [4.78, 5) is 77.0. The highest BCUT2D eigenvalue weighted by atomic mass is 35.5. The second-order valence-electron chi connectivity index (χ2n) is 6.91. The van der Waals surface area contributed by atoms with Gasteiger partial charge in [0.1, 0.15) is 5.52 Å². The van der Waals surface area contributed by atoms with Crippen molar-refractivity contribution in [3.8, 4) is 12.3 Å². The number of anilines is 1. The van der Waals surface area contributed by atoms with Crippen LogP contribution in [0.2, 0.25) is 5.15 Å². The molecule has 22 heteroatoms. The van der Waals surface area contributed by atoms with E-state index >= 15 is 0 Å². The lowest BCUT2D eigenvalue weighted by atomic mass is 9.88. The van der Waals surface area contributed by atoms with Crippen molar-refractivity contribution in [2.75, 3.05) is 5.73 Å². The molecule has 0 aliphatic heterocycles. The van der Waals surface area contributed by atoms with E-state index in [1.807, 2.05) is 11.5 Å². The lowest BCUT2D eigenvalue weighted by Gasteiger charge is -2.20. The largest absolute Gasteiger partial charge is 0.466 e. The van der Waals surface area contributed by atoms with Gasteiger partial charge in [-0.25, -0.2) is 18.7 Å². The van der Waals surface area contributed by atoms with Gasteiger partial charge in [0, 0.05) is 6.04 Å². The predicted octanol–water partition coefficient (Wildman–Crippen LogP) is -1.39. The molecule has 0 radical (unpaired) electrons. The first-order chi connectivity index (χ1) is 15.4. The van der Waals surface area contributed by atoms with E-state index in [4.69, 9.17) is 81.5 Å². The summed E-state index contributed by atoms with van der Waals surface area (Å²) in [6.07, 6.45) is 7.82. The summed E-state index contributed by atoms with van der Waals surface area (Å²) in [6.45, 7) is 1.88. The third-order valence-corrected chi connectivity index (χ3v) is 4.27. The Hall–Kier alpha value is -1.51. The average Bonchev–Trinajstić information content (AvgIpc) is 3.12. The monoisotopic (exact) mass is 585 g/mol. The van der Waals surface area contributed by atoms with Crippen LogP contribution in [0.15, 0.2) is 6.33 Å². The lowest BCUT2D eigenvalue weighted by Crippen LogP contribution is -2.23. The molecule has 18 nitrogen and oxygen atoms in total. The molecular weight excluding hydrogens is 563 g/mol. The topological polar surface area (TPSA) is 323 Å². The van der Waals surface area contributed by atoms with Crippen molar-refractivity contribution in [1.82, 2.24) is 19.5 Å². The van der Waals surface area contributed by atoms with E-state index in [-0.39, 0.29) is 17.1 Å². The number of nitrogen functional groups attached to an aromatic ring is 1. The van der Waals surface area contributed by atoms with Gasteiger partial charge in [-0.2, -0.15) is 9.97 Å². The van der Waals surface area contributed by atoms with Crippen molar-refractivity contribution in [2.24, 2.45) is 5.41 Å². The third kappa shape index (κ3) is 14.6. The molecule has 35 heavy (non-hydrogen) atoms. The Balaban J connectivity index is 0.000000635. The number of hydrogen-bond acceptors (Lipinski definition) is 8. The summed E-state index contributed by atoms with van der Waals surface area (Å²) < 4.78 is 28.5. The van der Waals surface area contributed by atoms with Crippen LogP contribution in [0, 0.1) is 17.8 Å². The maximum atomic E-state index is 10.1. The summed E-state index contributed by atoms with van der Waals surface area (Å²) in [5.41, 5.74) is 6.17. The minimum absolute atomic E-state index is 0.0152. The van der Waals surface area contributed by atoms with Crippen molar-refractivity contribution in [3.05, 3.63) is 11.5 Å². The molecule has 0 unspecified atom stereocenters. The molecule has 0 aromatic carbocycles. The fraction of sp³-hybridized carbons (Fsp3) is 0.462. The molecule has 1 saturated carbocycles. The fourth-order valence-corrected chi connectivity index (χ4v) is 2.98. The van der Waals surface area contributed by atoms with Crippen LogP contribution in [0.1, 0.15) is 25.8 Å². The van der Waals surface area contributed by atoms with Crippen molar-refractivity contribution in [3.63, 3.8) is 0 Å². The van der Waals surface area contributed by atoms with Crippen LogP contribution >= 0.6 is 35.1 Å². The van der Waals surface area contributed by atoms with E-state index in [9.17, 15) is 5.11 Å². The highest BCUT2D eigenvalue weighted by Gasteiger charge is 2.43. The quantitative estimate of drug-likeness (QED) is 0.104. The minimum Gasteiger partial charge on any atom is -0.391 e. The average molecular weight is 586 g/mol. The first-order valence-corrected chi connectivity index (χ1v) is 13.7. The molecule has 2 heterocycles. The highest BCUT2D eigenvalue weighted by molar-refractivity contribution is 7.45. The highest BCUT2D eigenvalue weighted by Crippen LogP contribution is 2.44. The van der Waals surface area contributed by atoms with Gasteiger partial charge in [-0.05, 0) is 19.8 Å². The number of aliphatic hydroxyl groups excluding tert-OH is 1. The van der Waals surface area contributed by atoms with Crippen LogP contribution in [0.3, 0.4) is 0 Å². The normalized spacial score (nSPS) is 22.0. The van der Waals surface area contributed by atoms with Gasteiger partial charge < -0.3 is 59.4 Å². The Kier molecular flexibility index (Phi) is 12.1. The molecule has 3 atom stereocenters. The molecule has 0 saturated heterocycles. The zero-order valence-corrected chi connectivity index (χ0v) is 20.9. The van der Waals surface area contributed by atoms with Gasteiger partial charge in [0.15, 0.2) is 10.8 Å². The smallest absolute Gasteiger partial charge is 0.391 e. The van der Waals surface area contributed by atoms with Gasteiger partial charge in [-0.15, -0.1) is 6.42 Å². The molecular formula is C13H23ClN5O13P3. The number of phosphoric acid groups is 3. The number of nitrogens with zero attached hydrogens (tertiary/aromatic N) is 4. The maximum Gasteiger partial charge on any atom is 0.466 e. The van der Waals surface area contributed by atoms with Gasteiger partial charge in [-0.3, -0.25) is 0 Å². The number of aromatic nitrogens is 4. The van der Waals surface area contributed by atoms with Crippen molar-refractivity contribution in [2.45, 2.75) is 31.9 Å². The molecule has 0 spiro atoms. The van der Waals surface area contributed by atoms with Crippen LogP contribution in [-0.4, -0.2) is 74.8 Å². The number of nitrogens with two attached hydrogens (primary N) is 1. The molecule has 1 fully saturated rings. The van der Waals surface area contributed by atoms with Gasteiger partial charge in [-0.1, -0.05) is 17.5 Å². The van der Waals surface area contributed by atoms with Crippen molar-refractivity contribution in [1.29, 1.82) is 0 Å². The number of fused-ring (bicyclic) bond motifs is 1. The van der Waals surface area contributed by atoms with Crippen molar-refractivity contribution >= 4 is 52.2 Å². The number of hydrogen-bond donors (Lipinski definition) is 11. The molecule has 2 aromatic heterocycles. The maximum absolute atomic E-state index is 10.1. The van der Waals surface area contributed by atoms with E-state index in [2.05, 4.69) is 20.9 Å². The number of rotatable bonds is 1. The van der Waals surface area contributed by atoms with E-state index < -0.39 is 35.0 Å². The Bertz CT molecular complexity index is 1120. The van der Waals surface area contributed by atoms with E-state index in [0.29, 0.717) is 24.0 Å². The van der Waals surface area contributed by atoms with Crippen molar-refractivity contribution < 1.29 is 62.8 Å². The second kappa shape index (κ2) is 12.6. The van der Waals surface area contributed by atoms with Gasteiger partial charge in [0.05, 0.1) is 17.8 Å². The fourth-order valence-electron chi connectivity index (χ4n) is 2.76. The summed E-state index contributed by atoms with van der Waals surface area (Å²) in [6, 6.07) is 0.0152. The summed E-state index contributed by atoms with van der Waals surface area (Å²) in [7, 11) is -13.9. The van der Waals surface area contributed by atoms with E-state index in [1.165, 1.54) is 0 Å². The van der Waals surface area contributed by atoms with Crippen LogP contribution in [0.4, 0.5) is 5.95 Å². The molecule has 0 bridgehead atoms. The van der Waals surface area contributed by atoms with Gasteiger partial charge >= 0.3 is 23.5 Å². The van der Waals surface area contributed by atoms with Crippen LogP contribution in [0.25, 0.3) is 11.2 Å². The Morgan fingerprint density at radius 2 is 1.49 bits per heavy atom. The molecule has 0 amide bonds. The Labute approximate surface area is 201 Å². The first-order valence-electron chi connectivity index (χ1n) is 8.61. The SMILES string of the molecule is C#C[C@]1(C)C[C@@H](n2cnc3c(Cl)nc(N)nc32)C[C@@H]1O.O=P(O)(O)O.O=P(O)(O)O.O=P(O)(O)O. The Morgan fingerprint density at radius 1 is 1.06 bits per heavy atom. The van der Waals surface area contributed by atoms with E-state index in [1.54, 1.807) is 6.33 Å².